The summed E-state index contributed by atoms with van der Waals surface area (Å²) >= 11 is 0. The third kappa shape index (κ3) is 6.33. The fourth-order valence-electron chi connectivity index (χ4n) is 10.1. The minimum Gasteiger partial charge on any atom is -0.303 e. The number of aryl methyl sites for hydroxylation is 6. The minimum atomic E-state index is -2.61. The van der Waals surface area contributed by atoms with Gasteiger partial charge in [-0.15, -0.1) is 0 Å². The molecule has 334 valence electrons. The Morgan fingerprint density at radius 2 is 0.591 bits per heavy atom. The summed E-state index contributed by atoms with van der Waals surface area (Å²) in [6.07, 6.45) is 0. The predicted octanol–water partition coefficient (Wildman–Crippen LogP) is 10.1. The van der Waals surface area contributed by atoms with Gasteiger partial charge < -0.3 is 9.80 Å². The second-order valence-electron chi connectivity index (χ2n) is 16.6. The standard InChI is InChI=1S/C48H28B2F14N2/c1-17-7-19(3)33(20(4)8-17)49-25-15-26-32(16-31(25)65(45-27(49)11-23(51)13-29(45)53)47-41(61)37(57)35(55)38(58)42(47)62)66(48-43(63)39(59)36(56)40(60)44(48)64)46-28(12-24(52)14-30(46)54)50(26)34-21(5)9-18(2)10-22(34)6/h7-16H,1-6H3. The minimum absolute atomic E-state index is 0.213. The molecule has 0 N–H and O–H groups in total. The van der Waals surface area contributed by atoms with Crippen LogP contribution in [-0.2, 0) is 0 Å². The molecule has 7 aromatic rings. The van der Waals surface area contributed by atoms with Crippen LogP contribution in [0.2, 0.25) is 0 Å². The molecule has 0 aliphatic carbocycles. The third-order valence-corrected chi connectivity index (χ3v) is 12.3. The molecule has 0 amide bonds. The Morgan fingerprint density at radius 1 is 0.303 bits per heavy atom. The number of benzene rings is 7. The molecular weight excluding hydrogens is 892 g/mol. The van der Waals surface area contributed by atoms with Crippen LogP contribution in [0.5, 0.6) is 0 Å². The topological polar surface area (TPSA) is 6.48 Å². The van der Waals surface area contributed by atoms with Gasteiger partial charge in [0.1, 0.15) is 34.6 Å². The summed E-state index contributed by atoms with van der Waals surface area (Å²) < 4.78 is 221. The highest BCUT2D eigenvalue weighted by Crippen LogP contribution is 2.47. The molecule has 0 spiro atoms. The van der Waals surface area contributed by atoms with Gasteiger partial charge in [0.15, 0.2) is 46.5 Å². The SMILES string of the molecule is Cc1cc(C)c(B2c3cc4c(cc3N(c3c(F)c(F)c(F)c(F)c3F)c3c(F)cc(F)cc32)N(c2c(F)c(F)c(F)c(F)c2F)c2c(F)cc(F)cc2B4c2c(C)cc(C)cc2C)c(C)c1. The van der Waals surface area contributed by atoms with Gasteiger partial charge in [-0.05, 0) is 81.6 Å². The molecule has 18 heteroatoms. The van der Waals surface area contributed by atoms with Crippen LogP contribution in [0.3, 0.4) is 0 Å². The molecule has 2 nitrogen and oxygen atoms in total. The van der Waals surface area contributed by atoms with Crippen LogP contribution in [0.25, 0.3) is 0 Å². The van der Waals surface area contributed by atoms with Crippen molar-refractivity contribution in [3.63, 3.8) is 0 Å². The third-order valence-electron chi connectivity index (χ3n) is 12.3. The van der Waals surface area contributed by atoms with Gasteiger partial charge in [0.05, 0.1) is 11.4 Å². The highest BCUT2D eigenvalue weighted by molar-refractivity contribution is 7.01. The van der Waals surface area contributed by atoms with E-state index in [9.17, 15) is 8.78 Å². The van der Waals surface area contributed by atoms with Crippen LogP contribution in [-0.4, -0.2) is 13.4 Å². The van der Waals surface area contributed by atoms with Crippen LogP contribution in [0.1, 0.15) is 33.4 Å². The smallest absolute Gasteiger partial charge is 0.247 e. The van der Waals surface area contributed by atoms with E-state index in [-0.39, 0.29) is 32.9 Å². The number of nitrogens with zero attached hydrogens (tertiary/aromatic N) is 2. The average Bonchev–Trinajstić information content (AvgIpc) is 3.23. The highest BCUT2D eigenvalue weighted by atomic mass is 19.2. The summed E-state index contributed by atoms with van der Waals surface area (Å²) in [6, 6.07) is 10.9. The summed E-state index contributed by atoms with van der Waals surface area (Å²) in [5.41, 5.74) is -4.32. The van der Waals surface area contributed by atoms with Gasteiger partial charge in [-0.3, -0.25) is 0 Å². The maximum atomic E-state index is 16.8. The zero-order valence-electron chi connectivity index (χ0n) is 35.1. The van der Waals surface area contributed by atoms with Crippen LogP contribution in [0, 0.1) is 123 Å². The zero-order chi connectivity index (χ0) is 47.9. The Bertz CT molecular complexity index is 3000. The molecule has 0 aromatic heterocycles. The lowest BCUT2D eigenvalue weighted by atomic mass is 9.30. The normalized spacial score (nSPS) is 13.0. The first-order valence-electron chi connectivity index (χ1n) is 20.0. The van der Waals surface area contributed by atoms with Gasteiger partial charge >= 0.3 is 0 Å². The Hall–Kier alpha value is -6.71. The van der Waals surface area contributed by atoms with E-state index in [1.165, 1.54) is 6.07 Å². The maximum Gasteiger partial charge on any atom is 0.247 e. The number of rotatable bonds is 4. The summed E-state index contributed by atoms with van der Waals surface area (Å²) in [5.74, 6) is -30.9. The molecule has 66 heavy (non-hydrogen) atoms. The second kappa shape index (κ2) is 15.4. The largest absolute Gasteiger partial charge is 0.303 e. The van der Waals surface area contributed by atoms with Crippen molar-refractivity contribution in [1.29, 1.82) is 0 Å². The summed E-state index contributed by atoms with van der Waals surface area (Å²) in [4.78, 5) is 0.464. The molecule has 2 aliphatic heterocycles. The van der Waals surface area contributed by atoms with E-state index in [1.54, 1.807) is 65.8 Å². The van der Waals surface area contributed by atoms with E-state index in [0.717, 1.165) is 18.2 Å². The van der Waals surface area contributed by atoms with E-state index in [1.807, 2.05) is 0 Å². The van der Waals surface area contributed by atoms with Crippen molar-refractivity contribution in [3.05, 3.63) is 175 Å². The molecule has 0 saturated heterocycles. The van der Waals surface area contributed by atoms with Crippen molar-refractivity contribution in [2.24, 2.45) is 0 Å². The first-order valence-corrected chi connectivity index (χ1v) is 20.0. The molecular formula is C48H28B2F14N2. The van der Waals surface area contributed by atoms with E-state index < -0.39 is 140 Å². The lowest BCUT2D eigenvalue weighted by molar-refractivity contribution is 0.380. The maximum absolute atomic E-state index is 16.8. The molecule has 0 saturated carbocycles. The van der Waals surface area contributed by atoms with E-state index in [2.05, 4.69) is 0 Å². The molecule has 7 aromatic carbocycles. The van der Waals surface area contributed by atoms with Crippen molar-refractivity contribution in [1.82, 2.24) is 0 Å². The van der Waals surface area contributed by atoms with Gasteiger partial charge in [0, 0.05) is 23.5 Å². The lowest BCUT2D eigenvalue weighted by Gasteiger charge is -2.42. The highest BCUT2D eigenvalue weighted by Gasteiger charge is 2.47. The monoisotopic (exact) mass is 920 g/mol. The second-order valence-corrected chi connectivity index (χ2v) is 16.6. The van der Waals surface area contributed by atoms with Crippen LogP contribution >= 0.6 is 0 Å². The molecule has 0 unspecified atom stereocenters. The Kier molecular flexibility index (Phi) is 10.4. The van der Waals surface area contributed by atoms with Crippen LogP contribution in [0.15, 0.2) is 60.7 Å². The van der Waals surface area contributed by atoms with Crippen LogP contribution in [0.4, 0.5) is 95.6 Å². The van der Waals surface area contributed by atoms with Gasteiger partial charge in [0.2, 0.25) is 25.1 Å². The zero-order valence-corrected chi connectivity index (χ0v) is 35.1. The Balaban J connectivity index is 1.55. The predicted molar refractivity (Wildman–Crippen MR) is 226 cm³/mol. The number of halogens is 14. The molecule has 0 atom stereocenters. The lowest BCUT2D eigenvalue weighted by Crippen LogP contribution is -2.63. The average molecular weight is 920 g/mol. The van der Waals surface area contributed by atoms with Gasteiger partial charge in [0.25, 0.3) is 0 Å². The molecule has 2 heterocycles. The fourth-order valence-corrected chi connectivity index (χ4v) is 10.1. The van der Waals surface area contributed by atoms with Crippen molar-refractivity contribution in [2.75, 3.05) is 9.80 Å². The number of anilines is 6. The van der Waals surface area contributed by atoms with E-state index in [0.29, 0.717) is 44.3 Å². The molecule has 0 fully saturated rings. The fraction of sp³-hybridized carbons (Fsp3) is 0.125. The van der Waals surface area contributed by atoms with Crippen molar-refractivity contribution >= 4 is 80.3 Å². The Morgan fingerprint density at radius 3 is 0.894 bits per heavy atom. The quantitative estimate of drug-likeness (QED) is 0.0752. The molecule has 0 radical (unpaired) electrons. The summed E-state index contributed by atoms with van der Waals surface area (Å²) in [5, 5.41) is 0. The van der Waals surface area contributed by atoms with E-state index in [4.69, 9.17) is 0 Å². The van der Waals surface area contributed by atoms with Crippen LogP contribution < -0.4 is 42.6 Å². The number of hydrogen-bond donors (Lipinski definition) is 0. The van der Waals surface area contributed by atoms with Gasteiger partial charge in [-0.25, -0.2) is 61.5 Å². The summed E-state index contributed by atoms with van der Waals surface area (Å²) in [6.45, 7) is 7.15. The first kappa shape index (κ1) is 44.5. The van der Waals surface area contributed by atoms with Crippen molar-refractivity contribution in [3.8, 4) is 0 Å². The molecule has 2 aliphatic rings. The number of fused-ring (bicyclic) bond motifs is 4. The Labute approximate surface area is 367 Å². The number of hydrogen-bond acceptors (Lipinski definition) is 2. The van der Waals surface area contributed by atoms with Gasteiger partial charge in [-0.2, -0.15) is 0 Å². The van der Waals surface area contributed by atoms with Crippen molar-refractivity contribution in [2.45, 2.75) is 41.5 Å². The summed E-state index contributed by atoms with van der Waals surface area (Å²) in [7, 11) is 0. The molecule has 0 bridgehead atoms. The van der Waals surface area contributed by atoms with E-state index >= 15 is 52.7 Å². The molecule has 9 rings (SSSR count). The first-order chi connectivity index (χ1) is 31.0. The van der Waals surface area contributed by atoms with Crippen molar-refractivity contribution < 1.29 is 61.5 Å². The van der Waals surface area contributed by atoms with Gasteiger partial charge in [-0.1, -0.05) is 74.6 Å².